The Kier molecular flexibility index (Phi) is 2.37. The van der Waals surface area contributed by atoms with Gasteiger partial charge in [0, 0.05) is 34.6 Å². The highest BCUT2D eigenvalue weighted by Crippen LogP contribution is 2.36. The quantitative estimate of drug-likeness (QED) is 0.427. The number of nitro groups is 1. The second kappa shape index (κ2) is 4.13. The molecule has 0 radical (unpaired) electrons. The standard InChI is InChI=1S/C14H7ClN4O2/c15-9-1-2-11(19(20)21)13-12(9)8-5-7-6-16-4-3-10(7)17-14(8)18-13/h1-6H,(H,17,18). The number of nitrogens with one attached hydrogen (secondary N) is 1. The smallest absolute Gasteiger partial charge is 0.293 e. The summed E-state index contributed by atoms with van der Waals surface area (Å²) in [6, 6.07) is 6.60. The summed E-state index contributed by atoms with van der Waals surface area (Å²) in [7, 11) is 0. The van der Waals surface area contributed by atoms with E-state index in [0.29, 0.717) is 21.6 Å². The third-order valence-electron chi connectivity index (χ3n) is 3.46. The molecule has 21 heavy (non-hydrogen) atoms. The minimum absolute atomic E-state index is 0.0189. The van der Waals surface area contributed by atoms with Crippen molar-refractivity contribution in [1.29, 1.82) is 0 Å². The molecule has 0 aliphatic heterocycles. The molecule has 1 aromatic carbocycles. The topological polar surface area (TPSA) is 84.7 Å². The zero-order valence-electron chi connectivity index (χ0n) is 10.5. The highest BCUT2D eigenvalue weighted by atomic mass is 35.5. The van der Waals surface area contributed by atoms with Gasteiger partial charge in [0.1, 0.15) is 11.2 Å². The van der Waals surface area contributed by atoms with Gasteiger partial charge in [0.2, 0.25) is 0 Å². The number of nitrogens with zero attached hydrogens (tertiary/aromatic N) is 3. The Hall–Kier alpha value is -2.73. The van der Waals surface area contributed by atoms with E-state index < -0.39 is 4.92 Å². The van der Waals surface area contributed by atoms with Crippen LogP contribution in [0.4, 0.5) is 5.69 Å². The van der Waals surface area contributed by atoms with E-state index in [-0.39, 0.29) is 5.69 Å². The van der Waals surface area contributed by atoms with Crippen LogP contribution in [0, 0.1) is 10.1 Å². The van der Waals surface area contributed by atoms with Crippen molar-refractivity contribution in [1.82, 2.24) is 15.0 Å². The summed E-state index contributed by atoms with van der Waals surface area (Å²) in [5, 5.41) is 13.8. The van der Waals surface area contributed by atoms with Gasteiger partial charge in [0.15, 0.2) is 0 Å². The fourth-order valence-corrected chi connectivity index (χ4v) is 2.79. The second-order valence-electron chi connectivity index (χ2n) is 4.65. The number of nitro benzene ring substituents is 1. The number of rotatable bonds is 1. The molecule has 4 rings (SSSR count). The molecule has 0 aliphatic rings. The van der Waals surface area contributed by atoms with E-state index in [0.717, 1.165) is 16.3 Å². The maximum absolute atomic E-state index is 11.1. The summed E-state index contributed by atoms with van der Waals surface area (Å²) in [4.78, 5) is 22.3. The molecule has 0 aliphatic carbocycles. The van der Waals surface area contributed by atoms with Crippen molar-refractivity contribution in [2.45, 2.75) is 0 Å². The second-order valence-corrected chi connectivity index (χ2v) is 5.06. The fourth-order valence-electron chi connectivity index (χ4n) is 2.53. The molecule has 0 atom stereocenters. The molecule has 0 spiro atoms. The summed E-state index contributed by atoms with van der Waals surface area (Å²) >= 11 is 6.22. The van der Waals surface area contributed by atoms with Crippen LogP contribution in [0.3, 0.4) is 0 Å². The highest BCUT2D eigenvalue weighted by Gasteiger charge is 2.19. The Labute approximate surface area is 122 Å². The summed E-state index contributed by atoms with van der Waals surface area (Å²) in [6.45, 7) is 0. The lowest BCUT2D eigenvalue weighted by Gasteiger charge is -1.98. The molecule has 0 unspecified atom stereocenters. The first-order chi connectivity index (χ1) is 10.1. The van der Waals surface area contributed by atoms with Crippen molar-refractivity contribution in [3.63, 3.8) is 0 Å². The Bertz CT molecular complexity index is 1040. The third kappa shape index (κ3) is 1.66. The molecule has 0 saturated carbocycles. The molecular weight excluding hydrogens is 292 g/mol. The predicted molar refractivity (Wildman–Crippen MR) is 80.6 cm³/mol. The molecule has 0 amide bonds. The number of H-pyrrole nitrogens is 1. The molecule has 7 heteroatoms. The molecule has 0 bridgehead atoms. The Morgan fingerprint density at radius 1 is 1.29 bits per heavy atom. The van der Waals surface area contributed by atoms with Gasteiger partial charge in [-0.3, -0.25) is 15.1 Å². The lowest BCUT2D eigenvalue weighted by molar-refractivity contribution is -0.383. The van der Waals surface area contributed by atoms with Gasteiger partial charge >= 0.3 is 0 Å². The monoisotopic (exact) mass is 298 g/mol. The molecule has 0 saturated heterocycles. The first kappa shape index (κ1) is 12.0. The van der Waals surface area contributed by atoms with E-state index in [1.807, 2.05) is 6.07 Å². The van der Waals surface area contributed by atoms with Crippen LogP contribution in [-0.4, -0.2) is 19.9 Å². The van der Waals surface area contributed by atoms with E-state index in [1.54, 1.807) is 18.5 Å². The predicted octanol–water partition coefficient (Wildman–Crippen LogP) is 3.83. The number of halogens is 1. The van der Waals surface area contributed by atoms with Crippen LogP contribution < -0.4 is 0 Å². The lowest BCUT2D eigenvalue weighted by atomic mass is 10.1. The van der Waals surface area contributed by atoms with Crippen molar-refractivity contribution in [2.24, 2.45) is 0 Å². The van der Waals surface area contributed by atoms with Crippen LogP contribution >= 0.6 is 11.6 Å². The zero-order valence-corrected chi connectivity index (χ0v) is 11.3. The van der Waals surface area contributed by atoms with Gasteiger partial charge in [0.05, 0.1) is 15.5 Å². The van der Waals surface area contributed by atoms with E-state index in [9.17, 15) is 10.1 Å². The van der Waals surface area contributed by atoms with Crippen LogP contribution in [0.25, 0.3) is 32.8 Å². The van der Waals surface area contributed by atoms with Gasteiger partial charge in [-0.05, 0) is 18.2 Å². The van der Waals surface area contributed by atoms with E-state index >= 15 is 0 Å². The molecular formula is C14H7ClN4O2. The van der Waals surface area contributed by atoms with Crippen molar-refractivity contribution in [3.05, 3.63) is 51.8 Å². The number of hydrogen-bond acceptors (Lipinski definition) is 4. The third-order valence-corrected chi connectivity index (χ3v) is 3.77. The van der Waals surface area contributed by atoms with Gasteiger partial charge in [-0.1, -0.05) is 11.6 Å². The fraction of sp³-hybridized carbons (Fsp3) is 0. The minimum Gasteiger partial charge on any atom is -0.334 e. The molecule has 1 N–H and O–H groups in total. The number of aromatic amines is 1. The summed E-state index contributed by atoms with van der Waals surface area (Å²) in [6.07, 6.45) is 3.35. The number of aromatic nitrogens is 3. The van der Waals surface area contributed by atoms with E-state index in [4.69, 9.17) is 11.6 Å². The molecule has 3 heterocycles. The largest absolute Gasteiger partial charge is 0.334 e. The van der Waals surface area contributed by atoms with Crippen molar-refractivity contribution in [3.8, 4) is 0 Å². The van der Waals surface area contributed by atoms with Crippen LogP contribution in [-0.2, 0) is 0 Å². The first-order valence-electron chi connectivity index (χ1n) is 6.14. The zero-order chi connectivity index (χ0) is 14.6. The molecule has 0 fully saturated rings. The SMILES string of the molecule is O=[N+]([O-])c1ccc(Cl)c2c1[nH]c1nc3ccncc3cc12. The lowest BCUT2D eigenvalue weighted by Crippen LogP contribution is -1.88. The number of hydrogen-bond donors (Lipinski definition) is 1. The maximum atomic E-state index is 11.1. The normalized spacial score (nSPS) is 11.5. The summed E-state index contributed by atoms with van der Waals surface area (Å²) in [5.74, 6) is 0. The molecule has 4 aromatic rings. The van der Waals surface area contributed by atoms with Crippen molar-refractivity contribution < 1.29 is 4.92 Å². The van der Waals surface area contributed by atoms with Crippen LogP contribution in [0.15, 0.2) is 36.7 Å². The van der Waals surface area contributed by atoms with E-state index in [2.05, 4.69) is 15.0 Å². The van der Waals surface area contributed by atoms with Crippen LogP contribution in [0.1, 0.15) is 0 Å². The van der Waals surface area contributed by atoms with Gasteiger partial charge in [-0.15, -0.1) is 0 Å². The highest BCUT2D eigenvalue weighted by molar-refractivity contribution is 6.38. The minimum atomic E-state index is -0.435. The number of fused-ring (bicyclic) bond motifs is 4. The number of non-ortho nitro benzene ring substituents is 1. The van der Waals surface area contributed by atoms with Crippen molar-refractivity contribution in [2.75, 3.05) is 0 Å². The van der Waals surface area contributed by atoms with Crippen molar-refractivity contribution >= 4 is 50.1 Å². The van der Waals surface area contributed by atoms with Gasteiger partial charge in [-0.25, -0.2) is 4.98 Å². The van der Waals surface area contributed by atoms with Crippen LogP contribution in [0.2, 0.25) is 5.02 Å². The first-order valence-corrected chi connectivity index (χ1v) is 6.52. The molecule has 6 nitrogen and oxygen atoms in total. The maximum Gasteiger partial charge on any atom is 0.293 e. The number of benzene rings is 1. The van der Waals surface area contributed by atoms with E-state index in [1.165, 1.54) is 12.1 Å². The summed E-state index contributed by atoms with van der Waals surface area (Å²) in [5.41, 5.74) is 1.70. The summed E-state index contributed by atoms with van der Waals surface area (Å²) < 4.78 is 0. The average molecular weight is 299 g/mol. The molecule has 102 valence electrons. The Morgan fingerprint density at radius 3 is 2.95 bits per heavy atom. The van der Waals surface area contributed by atoms with Gasteiger partial charge < -0.3 is 4.98 Å². The number of pyridine rings is 2. The average Bonchev–Trinajstić information content (AvgIpc) is 2.83. The Balaban J connectivity index is 2.25. The Morgan fingerprint density at radius 2 is 2.14 bits per heavy atom. The van der Waals surface area contributed by atoms with Crippen LogP contribution in [0.5, 0.6) is 0 Å². The van der Waals surface area contributed by atoms with Gasteiger partial charge in [-0.2, -0.15) is 0 Å². The molecule has 3 aromatic heterocycles. The van der Waals surface area contributed by atoms with Gasteiger partial charge in [0.25, 0.3) is 5.69 Å².